The van der Waals surface area contributed by atoms with Crippen molar-refractivity contribution in [3.63, 3.8) is 0 Å². The van der Waals surface area contributed by atoms with E-state index in [0.717, 1.165) is 18.4 Å². The lowest BCUT2D eigenvalue weighted by Crippen LogP contribution is -2.40. The van der Waals surface area contributed by atoms with E-state index >= 15 is 0 Å². The van der Waals surface area contributed by atoms with E-state index in [9.17, 15) is 12.8 Å². The highest BCUT2D eigenvalue weighted by Gasteiger charge is 2.35. The van der Waals surface area contributed by atoms with E-state index in [1.54, 1.807) is 13.0 Å². The minimum Gasteiger partial charge on any atom is -0.329 e. The summed E-state index contributed by atoms with van der Waals surface area (Å²) in [6.45, 7) is 2.42. The minimum atomic E-state index is -3.77. The fourth-order valence-corrected chi connectivity index (χ4v) is 4.15. The van der Waals surface area contributed by atoms with E-state index in [-0.39, 0.29) is 17.5 Å². The Labute approximate surface area is 107 Å². The molecule has 4 nitrogen and oxygen atoms in total. The third-order valence-corrected chi connectivity index (χ3v) is 5.24. The minimum absolute atomic E-state index is 0.213. The maximum absolute atomic E-state index is 13.7. The maximum atomic E-state index is 13.7. The van der Waals surface area contributed by atoms with Gasteiger partial charge in [-0.2, -0.15) is 4.31 Å². The van der Waals surface area contributed by atoms with Gasteiger partial charge in [0.05, 0.1) is 0 Å². The molecule has 2 rings (SSSR count). The Kier molecular flexibility index (Phi) is 3.70. The van der Waals surface area contributed by atoms with Crippen LogP contribution in [0.2, 0.25) is 0 Å². The molecule has 1 aliphatic rings. The molecule has 18 heavy (non-hydrogen) atoms. The predicted molar refractivity (Wildman–Crippen MR) is 67.1 cm³/mol. The molecule has 0 unspecified atom stereocenters. The molecule has 100 valence electrons. The van der Waals surface area contributed by atoms with Crippen LogP contribution < -0.4 is 5.73 Å². The summed E-state index contributed by atoms with van der Waals surface area (Å²) in [7, 11) is -3.77. The van der Waals surface area contributed by atoms with Crippen molar-refractivity contribution >= 4 is 10.0 Å². The quantitative estimate of drug-likeness (QED) is 0.900. The van der Waals surface area contributed by atoms with Crippen molar-refractivity contribution in [1.29, 1.82) is 0 Å². The molecule has 6 heteroatoms. The van der Waals surface area contributed by atoms with Crippen molar-refractivity contribution in [3.8, 4) is 0 Å². The average molecular weight is 272 g/mol. The van der Waals surface area contributed by atoms with Crippen LogP contribution in [0.1, 0.15) is 18.4 Å². The summed E-state index contributed by atoms with van der Waals surface area (Å²) in [5, 5.41) is 0. The van der Waals surface area contributed by atoms with Crippen LogP contribution in [-0.2, 0) is 10.0 Å². The Morgan fingerprint density at radius 3 is 2.89 bits per heavy atom. The highest BCUT2D eigenvalue weighted by atomic mass is 32.2. The molecular formula is C12H17FN2O2S. The lowest BCUT2D eigenvalue weighted by atomic mass is 10.2. The highest BCUT2D eigenvalue weighted by Crippen LogP contribution is 2.27. The van der Waals surface area contributed by atoms with Crippen LogP contribution in [0.3, 0.4) is 0 Å². The van der Waals surface area contributed by atoms with E-state index < -0.39 is 15.8 Å². The molecule has 1 heterocycles. The van der Waals surface area contributed by atoms with E-state index in [0.29, 0.717) is 6.54 Å². The van der Waals surface area contributed by atoms with Crippen molar-refractivity contribution in [3.05, 3.63) is 29.6 Å². The molecule has 0 aromatic heterocycles. The van der Waals surface area contributed by atoms with Gasteiger partial charge in [-0.25, -0.2) is 12.8 Å². The number of hydrogen-bond acceptors (Lipinski definition) is 3. The van der Waals surface area contributed by atoms with Crippen LogP contribution in [0.5, 0.6) is 0 Å². The fourth-order valence-electron chi connectivity index (χ4n) is 2.30. The fraction of sp³-hybridized carbons (Fsp3) is 0.500. The number of nitrogens with two attached hydrogens (primary N) is 1. The summed E-state index contributed by atoms with van der Waals surface area (Å²) in [5.41, 5.74) is 6.29. The third kappa shape index (κ3) is 2.28. The Morgan fingerprint density at radius 1 is 1.50 bits per heavy atom. The molecule has 0 saturated carbocycles. The normalized spacial score (nSPS) is 21.4. The van der Waals surface area contributed by atoms with Gasteiger partial charge in [-0.1, -0.05) is 6.07 Å². The van der Waals surface area contributed by atoms with Crippen molar-refractivity contribution < 1.29 is 12.8 Å². The van der Waals surface area contributed by atoms with Crippen LogP contribution in [-0.4, -0.2) is 31.9 Å². The zero-order valence-electron chi connectivity index (χ0n) is 10.3. The van der Waals surface area contributed by atoms with Gasteiger partial charge in [0.2, 0.25) is 10.0 Å². The van der Waals surface area contributed by atoms with Crippen molar-refractivity contribution in [2.45, 2.75) is 30.7 Å². The van der Waals surface area contributed by atoms with Crippen LogP contribution in [0.25, 0.3) is 0 Å². The van der Waals surface area contributed by atoms with Gasteiger partial charge < -0.3 is 5.73 Å². The smallest absolute Gasteiger partial charge is 0.246 e. The largest absolute Gasteiger partial charge is 0.329 e. The van der Waals surface area contributed by atoms with Gasteiger partial charge in [0, 0.05) is 19.1 Å². The molecule has 1 atom stereocenters. The van der Waals surface area contributed by atoms with Gasteiger partial charge in [0.1, 0.15) is 10.7 Å². The second-order valence-corrected chi connectivity index (χ2v) is 6.44. The number of nitrogens with zero attached hydrogens (tertiary/aromatic N) is 1. The molecule has 0 radical (unpaired) electrons. The van der Waals surface area contributed by atoms with Crippen molar-refractivity contribution in [2.24, 2.45) is 5.73 Å². The first-order valence-corrected chi connectivity index (χ1v) is 7.39. The Balaban J connectivity index is 2.45. The molecule has 0 bridgehead atoms. The molecule has 1 aromatic carbocycles. The summed E-state index contributed by atoms with van der Waals surface area (Å²) in [6.07, 6.45) is 1.51. The zero-order valence-corrected chi connectivity index (χ0v) is 11.1. The Hall–Kier alpha value is -0.980. The molecule has 1 fully saturated rings. The summed E-state index contributed by atoms with van der Waals surface area (Å²) in [5.74, 6) is -0.705. The lowest BCUT2D eigenvalue weighted by molar-refractivity contribution is 0.390. The number of sulfonamides is 1. The molecule has 2 N–H and O–H groups in total. The van der Waals surface area contributed by atoms with Crippen molar-refractivity contribution in [1.82, 2.24) is 4.31 Å². The number of benzene rings is 1. The molecule has 1 aliphatic heterocycles. The van der Waals surface area contributed by atoms with E-state index in [1.165, 1.54) is 16.4 Å². The standard InChI is InChI=1S/C12H17FN2O2S/c1-9-4-5-11(13)12(7-9)18(16,17)15-6-2-3-10(15)8-14/h4-5,7,10H,2-3,6,8,14H2,1H3/t10-/m1/s1. The zero-order chi connectivity index (χ0) is 13.3. The van der Waals surface area contributed by atoms with E-state index in [2.05, 4.69) is 0 Å². The van der Waals surface area contributed by atoms with Crippen LogP contribution >= 0.6 is 0 Å². The average Bonchev–Trinajstić information content (AvgIpc) is 2.81. The summed E-state index contributed by atoms with van der Waals surface area (Å²) in [6, 6.07) is 3.90. The molecule has 0 spiro atoms. The number of hydrogen-bond donors (Lipinski definition) is 1. The van der Waals surface area contributed by atoms with Crippen LogP contribution in [0.4, 0.5) is 4.39 Å². The predicted octanol–water partition coefficient (Wildman–Crippen LogP) is 1.25. The second-order valence-electron chi connectivity index (χ2n) is 4.58. The summed E-state index contributed by atoms with van der Waals surface area (Å²) >= 11 is 0. The number of aryl methyl sites for hydroxylation is 1. The molecule has 0 amide bonds. The Morgan fingerprint density at radius 2 is 2.22 bits per heavy atom. The number of rotatable bonds is 3. The lowest BCUT2D eigenvalue weighted by Gasteiger charge is -2.23. The molecule has 1 aromatic rings. The van der Waals surface area contributed by atoms with Gasteiger partial charge in [0.25, 0.3) is 0 Å². The molecule has 0 aliphatic carbocycles. The Bertz CT molecular complexity index is 545. The van der Waals surface area contributed by atoms with E-state index in [1.807, 2.05) is 0 Å². The van der Waals surface area contributed by atoms with Gasteiger partial charge in [-0.05, 0) is 37.5 Å². The first-order valence-electron chi connectivity index (χ1n) is 5.95. The SMILES string of the molecule is Cc1ccc(F)c(S(=O)(=O)N2CCC[C@@H]2CN)c1. The summed E-state index contributed by atoms with van der Waals surface area (Å²) in [4.78, 5) is -0.247. The monoisotopic (exact) mass is 272 g/mol. The maximum Gasteiger partial charge on any atom is 0.246 e. The second kappa shape index (κ2) is 4.95. The van der Waals surface area contributed by atoms with Gasteiger partial charge in [0.15, 0.2) is 0 Å². The first-order chi connectivity index (χ1) is 8.46. The van der Waals surface area contributed by atoms with E-state index in [4.69, 9.17) is 5.73 Å². The van der Waals surface area contributed by atoms with Crippen LogP contribution in [0, 0.1) is 12.7 Å². The third-order valence-electron chi connectivity index (χ3n) is 3.27. The van der Waals surface area contributed by atoms with Gasteiger partial charge in [-0.15, -0.1) is 0 Å². The molecular weight excluding hydrogens is 255 g/mol. The molecule has 1 saturated heterocycles. The van der Waals surface area contributed by atoms with Crippen LogP contribution in [0.15, 0.2) is 23.1 Å². The van der Waals surface area contributed by atoms with Crippen molar-refractivity contribution in [2.75, 3.05) is 13.1 Å². The summed E-state index contributed by atoms with van der Waals surface area (Å²) < 4.78 is 39.9. The highest BCUT2D eigenvalue weighted by molar-refractivity contribution is 7.89. The van der Waals surface area contributed by atoms with Gasteiger partial charge >= 0.3 is 0 Å². The number of halogens is 1. The van der Waals surface area contributed by atoms with Gasteiger partial charge in [-0.3, -0.25) is 0 Å². The topological polar surface area (TPSA) is 63.4 Å². The first kappa shape index (κ1) is 13.5.